The molecule has 4 rings (SSSR count). The van der Waals surface area contributed by atoms with Gasteiger partial charge in [-0.1, -0.05) is 12.1 Å². The Morgan fingerprint density at radius 2 is 2.00 bits per heavy atom. The topological polar surface area (TPSA) is 50.3 Å². The SMILES string of the molecule is c1ccc2c(NC[C@@H]3CCCO3)nc(N3CCCC3)nc2c1. The molecule has 0 spiro atoms. The molecule has 0 bridgehead atoms. The molecule has 0 radical (unpaired) electrons. The lowest BCUT2D eigenvalue weighted by atomic mass is 10.2. The van der Waals surface area contributed by atoms with Gasteiger partial charge in [0.25, 0.3) is 0 Å². The highest BCUT2D eigenvalue weighted by Gasteiger charge is 2.19. The van der Waals surface area contributed by atoms with Crippen molar-refractivity contribution >= 4 is 22.7 Å². The fraction of sp³-hybridized carbons (Fsp3) is 0.529. The van der Waals surface area contributed by atoms with Crippen LogP contribution in [0, 0.1) is 0 Å². The van der Waals surface area contributed by atoms with Gasteiger partial charge in [-0.2, -0.15) is 4.98 Å². The predicted octanol–water partition coefficient (Wildman–Crippen LogP) is 2.82. The Balaban J connectivity index is 1.64. The number of benzene rings is 1. The predicted molar refractivity (Wildman–Crippen MR) is 88.4 cm³/mol. The molecule has 2 aromatic rings. The Labute approximate surface area is 130 Å². The van der Waals surface area contributed by atoms with E-state index in [2.05, 4.69) is 22.3 Å². The van der Waals surface area contributed by atoms with Crippen molar-refractivity contribution in [1.82, 2.24) is 9.97 Å². The van der Waals surface area contributed by atoms with Crippen molar-refractivity contribution in [2.45, 2.75) is 31.8 Å². The summed E-state index contributed by atoms with van der Waals surface area (Å²) in [6, 6.07) is 8.22. The lowest BCUT2D eigenvalue weighted by molar-refractivity contribution is 0.120. The van der Waals surface area contributed by atoms with Crippen LogP contribution in [0.15, 0.2) is 24.3 Å². The van der Waals surface area contributed by atoms with E-state index in [4.69, 9.17) is 14.7 Å². The van der Waals surface area contributed by atoms with Crippen LogP contribution in [0.3, 0.4) is 0 Å². The molecule has 5 heteroatoms. The van der Waals surface area contributed by atoms with Crippen LogP contribution in [0.5, 0.6) is 0 Å². The molecule has 116 valence electrons. The van der Waals surface area contributed by atoms with Crippen molar-refractivity contribution in [1.29, 1.82) is 0 Å². The molecule has 1 atom stereocenters. The molecule has 0 amide bonds. The van der Waals surface area contributed by atoms with E-state index in [1.54, 1.807) is 0 Å². The van der Waals surface area contributed by atoms with Crippen molar-refractivity contribution in [3.8, 4) is 0 Å². The van der Waals surface area contributed by atoms with E-state index in [1.807, 2.05) is 12.1 Å². The van der Waals surface area contributed by atoms with Gasteiger partial charge >= 0.3 is 0 Å². The van der Waals surface area contributed by atoms with E-state index in [0.29, 0.717) is 6.10 Å². The second kappa shape index (κ2) is 6.08. The summed E-state index contributed by atoms with van der Waals surface area (Å²) in [4.78, 5) is 11.8. The van der Waals surface area contributed by atoms with Gasteiger partial charge in [0.1, 0.15) is 5.82 Å². The number of nitrogens with zero attached hydrogens (tertiary/aromatic N) is 3. The lowest BCUT2D eigenvalue weighted by Crippen LogP contribution is -2.23. The molecule has 1 N–H and O–H groups in total. The average molecular weight is 298 g/mol. The van der Waals surface area contributed by atoms with Gasteiger partial charge in [0, 0.05) is 31.6 Å². The third-order valence-corrected chi connectivity index (χ3v) is 4.50. The van der Waals surface area contributed by atoms with Crippen molar-refractivity contribution in [2.75, 3.05) is 36.5 Å². The van der Waals surface area contributed by atoms with Crippen molar-refractivity contribution < 1.29 is 4.74 Å². The van der Waals surface area contributed by atoms with E-state index in [0.717, 1.165) is 61.8 Å². The van der Waals surface area contributed by atoms with Crippen LogP contribution in [0.2, 0.25) is 0 Å². The molecular formula is C17H22N4O. The molecule has 3 heterocycles. The fourth-order valence-electron chi connectivity index (χ4n) is 3.27. The highest BCUT2D eigenvalue weighted by molar-refractivity contribution is 5.90. The first-order chi connectivity index (χ1) is 10.9. The van der Waals surface area contributed by atoms with Gasteiger partial charge in [-0.05, 0) is 37.8 Å². The van der Waals surface area contributed by atoms with Crippen molar-refractivity contribution in [3.05, 3.63) is 24.3 Å². The minimum atomic E-state index is 0.309. The van der Waals surface area contributed by atoms with Crippen LogP contribution in [0.1, 0.15) is 25.7 Å². The maximum atomic E-state index is 5.70. The van der Waals surface area contributed by atoms with E-state index < -0.39 is 0 Å². The Morgan fingerprint density at radius 3 is 2.82 bits per heavy atom. The largest absolute Gasteiger partial charge is 0.376 e. The number of aromatic nitrogens is 2. The van der Waals surface area contributed by atoms with Crippen molar-refractivity contribution in [3.63, 3.8) is 0 Å². The summed E-state index contributed by atoms with van der Waals surface area (Å²) in [6.07, 6.45) is 5.07. The molecule has 2 fully saturated rings. The van der Waals surface area contributed by atoms with E-state index in [1.165, 1.54) is 12.8 Å². The summed E-state index contributed by atoms with van der Waals surface area (Å²) in [5, 5.41) is 4.58. The maximum absolute atomic E-state index is 5.70. The van der Waals surface area contributed by atoms with Crippen LogP contribution in [0.25, 0.3) is 10.9 Å². The first kappa shape index (κ1) is 13.8. The van der Waals surface area contributed by atoms with Gasteiger partial charge in [-0.3, -0.25) is 0 Å². The molecule has 2 aliphatic heterocycles. The summed E-state index contributed by atoms with van der Waals surface area (Å²) in [5.74, 6) is 1.79. The Bertz CT molecular complexity index is 648. The van der Waals surface area contributed by atoms with E-state index in [9.17, 15) is 0 Å². The quantitative estimate of drug-likeness (QED) is 0.940. The highest BCUT2D eigenvalue weighted by atomic mass is 16.5. The van der Waals surface area contributed by atoms with Crippen molar-refractivity contribution in [2.24, 2.45) is 0 Å². The molecule has 1 aromatic carbocycles. The summed E-state index contributed by atoms with van der Waals surface area (Å²) in [5.41, 5.74) is 1.01. The molecule has 0 saturated carbocycles. The second-order valence-electron chi connectivity index (χ2n) is 6.10. The first-order valence-electron chi connectivity index (χ1n) is 8.27. The van der Waals surface area contributed by atoms with Gasteiger partial charge in [-0.25, -0.2) is 4.98 Å². The van der Waals surface area contributed by atoms with Gasteiger partial charge in [0.2, 0.25) is 5.95 Å². The summed E-state index contributed by atoms with van der Waals surface area (Å²) >= 11 is 0. The summed E-state index contributed by atoms with van der Waals surface area (Å²) < 4.78 is 5.70. The number of nitrogens with one attached hydrogen (secondary N) is 1. The minimum absolute atomic E-state index is 0.309. The number of rotatable bonds is 4. The van der Waals surface area contributed by atoms with E-state index >= 15 is 0 Å². The van der Waals surface area contributed by atoms with E-state index in [-0.39, 0.29) is 0 Å². The number of para-hydroxylation sites is 1. The van der Waals surface area contributed by atoms with Crippen LogP contribution < -0.4 is 10.2 Å². The number of hydrogen-bond donors (Lipinski definition) is 1. The Morgan fingerprint density at radius 1 is 1.14 bits per heavy atom. The zero-order valence-electron chi connectivity index (χ0n) is 12.8. The Hall–Kier alpha value is -1.88. The number of ether oxygens (including phenoxy) is 1. The lowest BCUT2D eigenvalue weighted by Gasteiger charge is -2.18. The smallest absolute Gasteiger partial charge is 0.227 e. The molecule has 5 nitrogen and oxygen atoms in total. The zero-order chi connectivity index (χ0) is 14.8. The highest BCUT2D eigenvalue weighted by Crippen LogP contribution is 2.25. The van der Waals surface area contributed by atoms with Gasteiger partial charge in [0.05, 0.1) is 11.6 Å². The molecule has 22 heavy (non-hydrogen) atoms. The minimum Gasteiger partial charge on any atom is -0.376 e. The van der Waals surface area contributed by atoms with Gasteiger partial charge < -0.3 is 15.0 Å². The fourth-order valence-corrected chi connectivity index (χ4v) is 3.27. The van der Waals surface area contributed by atoms with Crippen LogP contribution >= 0.6 is 0 Å². The number of fused-ring (bicyclic) bond motifs is 1. The van der Waals surface area contributed by atoms with Crippen LogP contribution in [-0.4, -0.2) is 42.3 Å². The van der Waals surface area contributed by atoms with Crippen LogP contribution in [-0.2, 0) is 4.74 Å². The third kappa shape index (κ3) is 2.73. The molecule has 0 unspecified atom stereocenters. The Kier molecular flexibility index (Phi) is 3.81. The molecule has 2 aliphatic rings. The standard InChI is InChI=1S/C17H22N4O/c1-2-8-15-14(7-1)16(18-12-13-6-5-11-22-13)20-17(19-15)21-9-3-4-10-21/h1-2,7-8,13H,3-6,9-12H2,(H,18,19,20)/t13-/m0/s1. The zero-order valence-corrected chi connectivity index (χ0v) is 12.8. The normalized spacial score (nSPS) is 21.6. The molecule has 1 aromatic heterocycles. The van der Waals surface area contributed by atoms with Gasteiger partial charge in [-0.15, -0.1) is 0 Å². The average Bonchev–Trinajstić information content (AvgIpc) is 3.25. The second-order valence-corrected chi connectivity index (χ2v) is 6.10. The number of anilines is 2. The molecular weight excluding hydrogens is 276 g/mol. The van der Waals surface area contributed by atoms with Gasteiger partial charge in [0.15, 0.2) is 0 Å². The van der Waals surface area contributed by atoms with Crippen LogP contribution in [0.4, 0.5) is 11.8 Å². The third-order valence-electron chi connectivity index (χ3n) is 4.50. The first-order valence-corrected chi connectivity index (χ1v) is 8.27. The monoisotopic (exact) mass is 298 g/mol. The summed E-state index contributed by atoms with van der Waals surface area (Å²) in [6.45, 7) is 3.82. The summed E-state index contributed by atoms with van der Waals surface area (Å²) in [7, 11) is 0. The number of hydrogen-bond acceptors (Lipinski definition) is 5. The molecule has 0 aliphatic carbocycles. The maximum Gasteiger partial charge on any atom is 0.227 e. The molecule has 2 saturated heterocycles.